The molecule has 0 bridgehead atoms. The minimum atomic E-state index is -2.09. The molecule has 0 aromatic heterocycles. The van der Waals surface area contributed by atoms with Crippen LogP contribution in [0, 0.1) is 0 Å². The van der Waals surface area contributed by atoms with Gasteiger partial charge in [-0.2, -0.15) is 0 Å². The van der Waals surface area contributed by atoms with E-state index in [4.69, 9.17) is 13.9 Å². The van der Waals surface area contributed by atoms with E-state index in [1.807, 2.05) is 0 Å². The minimum Gasteiger partial charge on any atom is -0.467 e. The van der Waals surface area contributed by atoms with E-state index in [0.29, 0.717) is 12.8 Å². The molecule has 3 atom stereocenters. The van der Waals surface area contributed by atoms with Crippen molar-refractivity contribution in [3.05, 3.63) is 12.7 Å². The Kier molecular flexibility index (Phi) is 7.33. The van der Waals surface area contributed by atoms with Crippen molar-refractivity contribution in [2.24, 2.45) is 0 Å². The number of carbonyl (C=O) groups excluding carboxylic acids is 2. The molecule has 0 aliphatic carbocycles. The first kappa shape index (κ1) is 23.7. The van der Waals surface area contributed by atoms with Gasteiger partial charge in [0.05, 0.1) is 19.3 Å². The van der Waals surface area contributed by atoms with Crippen LogP contribution in [0.2, 0.25) is 18.1 Å². The van der Waals surface area contributed by atoms with Crippen molar-refractivity contribution >= 4 is 20.4 Å². The molecular formula is C20H37NO5Si. The van der Waals surface area contributed by atoms with Gasteiger partial charge in [-0.25, -0.2) is 9.59 Å². The molecule has 0 N–H and O–H groups in total. The predicted octanol–water partition coefficient (Wildman–Crippen LogP) is 4.50. The Labute approximate surface area is 165 Å². The fourth-order valence-electron chi connectivity index (χ4n) is 2.94. The number of esters is 1. The quantitative estimate of drug-likeness (QED) is 0.387. The van der Waals surface area contributed by atoms with Crippen LogP contribution in [-0.4, -0.2) is 56.2 Å². The maximum atomic E-state index is 12.9. The van der Waals surface area contributed by atoms with Crippen molar-refractivity contribution < 1.29 is 23.5 Å². The third kappa shape index (κ3) is 5.81. The van der Waals surface area contributed by atoms with Gasteiger partial charge >= 0.3 is 12.1 Å². The molecule has 1 saturated heterocycles. The standard InChI is InChI=1S/C20H37NO5Si/c1-11-12-14-16(26-27(9,10)20(5,6)7)13-15(17(22)24-8)21(14)18(23)25-19(2,3)4/h11,14-16H,1,12-13H2,2-10H3/t14?,15-,16-/m0/s1. The van der Waals surface area contributed by atoms with Crippen molar-refractivity contribution in [3.8, 4) is 0 Å². The first-order valence-corrected chi connectivity index (χ1v) is 12.4. The third-order valence-corrected chi connectivity index (χ3v) is 9.82. The van der Waals surface area contributed by atoms with Crippen molar-refractivity contribution in [2.45, 2.75) is 96.3 Å². The predicted molar refractivity (Wildman–Crippen MR) is 109 cm³/mol. The lowest BCUT2D eigenvalue weighted by Crippen LogP contribution is -2.50. The van der Waals surface area contributed by atoms with E-state index in [1.54, 1.807) is 26.8 Å². The van der Waals surface area contributed by atoms with E-state index in [9.17, 15) is 9.59 Å². The zero-order valence-corrected chi connectivity index (χ0v) is 19.4. The average molecular weight is 400 g/mol. The monoisotopic (exact) mass is 399 g/mol. The number of hydrogen-bond acceptors (Lipinski definition) is 5. The number of ether oxygens (including phenoxy) is 2. The summed E-state index contributed by atoms with van der Waals surface area (Å²) in [7, 11) is -0.758. The molecule has 1 fully saturated rings. The van der Waals surface area contributed by atoms with Crippen molar-refractivity contribution in [2.75, 3.05) is 7.11 Å². The van der Waals surface area contributed by atoms with Gasteiger partial charge < -0.3 is 13.9 Å². The van der Waals surface area contributed by atoms with Crippen LogP contribution in [-0.2, 0) is 18.7 Å². The van der Waals surface area contributed by atoms with Gasteiger partial charge in [0, 0.05) is 6.42 Å². The van der Waals surface area contributed by atoms with Crippen LogP contribution < -0.4 is 0 Å². The normalized spacial score (nSPS) is 23.9. The Morgan fingerprint density at radius 2 is 1.74 bits per heavy atom. The van der Waals surface area contributed by atoms with Crippen LogP contribution in [0.25, 0.3) is 0 Å². The highest BCUT2D eigenvalue weighted by atomic mass is 28.4. The summed E-state index contributed by atoms with van der Waals surface area (Å²) in [6.45, 7) is 20.1. The van der Waals surface area contributed by atoms with Crippen LogP contribution in [0.5, 0.6) is 0 Å². The minimum absolute atomic E-state index is 0.0197. The molecule has 1 heterocycles. The van der Waals surface area contributed by atoms with Crippen LogP contribution >= 0.6 is 0 Å². The van der Waals surface area contributed by atoms with E-state index in [2.05, 4.69) is 40.4 Å². The van der Waals surface area contributed by atoms with E-state index < -0.39 is 32.0 Å². The number of methoxy groups -OCH3 is 1. The fourth-order valence-corrected chi connectivity index (χ4v) is 4.31. The number of nitrogens with zero attached hydrogens (tertiary/aromatic N) is 1. The Balaban J connectivity index is 3.25. The second-order valence-electron chi connectivity index (χ2n) is 9.67. The van der Waals surface area contributed by atoms with Gasteiger partial charge in [0.1, 0.15) is 11.6 Å². The third-order valence-electron chi connectivity index (χ3n) is 5.32. The molecule has 0 saturated carbocycles. The summed E-state index contributed by atoms with van der Waals surface area (Å²) in [5.74, 6) is -0.448. The number of carbonyl (C=O) groups is 2. The van der Waals surface area contributed by atoms with Crippen molar-refractivity contribution in [1.82, 2.24) is 4.90 Å². The van der Waals surface area contributed by atoms with E-state index >= 15 is 0 Å². The van der Waals surface area contributed by atoms with Gasteiger partial charge in [-0.1, -0.05) is 26.8 Å². The summed E-state index contributed by atoms with van der Waals surface area (Å²) >= 11 is 0. The van der Waals surface area contributed by atoms with Gasteiger partial charge in [-0.15, -0.1) is 6.58 Å². The summed E-state index contributed by atoms with van der Waals surface area (Å²) < 4.78 is 17.1. The van der Waals surface area contributed by atoms with Crippen LogP contribution in [0.4, 0.5) is 4.79 Å². The Morgan fingerprint density at radius 1 is 1.19 bits per heavy atom. The molecule has 6 nitrogen and oxygen atoms in total. The lowest BCUT2D eigenvalue weighted by atomic mass is 10.1. The van der Waals surface area contributed by atoms with E-state index in [1.165, 1.54) is 12.0 Å². The smallest absolute Gasteiger partial charge is 0.411 e. The number of hydrogen-bond donors (Lipinski definition) is 0. The summed E-state index contributed by atoms with van der Waals surface area (Å²) in [6, 6.07) is -1.03. The highest BCUT2D eigenvalue weighted by Gasteiger charge is 2.51. The second kappa shape index (κ2) is 8.35. The number of amides is 1. The summed E-state index contributed by atoms with van der Waals surface area (Å²) in [4.78, 5) is 26.8. The molecule has 1 aliphatic rings. The lowest BCUT2D eigenvalue weighted by Gasteiger charge is -2.40. The van der Waals surface area contributed by atoms with E-state index in [0.717, 1.165) is 0 Å². The Morgan fingerprint density at radius 3 is 2.15 bits per heavy atom. The average Bonchev–Trinajstić information content (AvgIpc) is 2.82. The molecule has 27 heavy (non-hydrogen) atoms. The molecule has 0 aromatic carbocycles. The molecule has 7 heteroatoms. The van der Waals surface area contributed by atoms with Gasteiger partial charge in [0.25, 0.3) is 0 Å². The zero-order chi connectivity index (χ0) is 21.2. The first-order valence-electron chi connectivity index (χ1n) is 9.52. The van der Waals surface area contributed by atoms with Gasteiger partial charge in [0.2, 0.25) is 0 Å². The van der Waals surface area contributed by atoms with Gasteiger partial charge in [-0.05, 0) is 45.3 Å². The van der Waals surface area contributed by atoms with Gasteiger partial charge in [0.15, 0.2) is 8.32 Å². The highest BCUT2D eigenvalue weighted by Crippen LogP contribution is 2.41. The number of likely N-dealkylation sites (tertiary alicyclic amines) is 1. The molecule has 156 valence electrons. The molecule has 1 unspecified atom stereocenters. The van der Waals surface area contributed by atoms with Crippen molar-refractivity contribution in [1.29, 1.82) is 0 Å². The van der Waals surface area contributed by atoms with Crippen LogP contribution in [0.1, 0.15) is 54.4 Å². The van der Waals surface area contributed by atoms with Gasteiger partial charge in [-0.3, -0.25) is 4.90 Å². The molecule has 0 aromatic rings. The SMILES string of the molecule is C=CCC1[C@@H](O[Si](C)(C)C(C)(C)C)C[C@@H](C(=O)OC)N1C(=O)OC(C)(C)C. The molecular weight excluding hydrogens is 362 g/mol. The van der Waals surface area contributed by atoms with Crippen LogP contribution in [0.3, 0.4) is 0 Å². The molecule has 1 aliphatic heterocycles. The number of rotatable bonds is 5. The fraction of sp³-hybridized carbons (Fsp3) is 0.800. The summed E-state index contributed by atoms with van der Waals surface area (Å²) in [6.07, 6.45) is 1.89. The zero-order valence-electron chi connectivity index (χ0n) is 18.4. The Hall–Kier alpha value is -1.34. The maximum absolute atomic E-state index is 12.9. The molecule has 1 rings (SSSR count). The van der Waals surface area contributed by atoms with Crippen LogP contribution in [0.15, 0.2) is 12.7 Å². The van der Waals surface area contributed by atoms with Crippen molar-refractivity contribution in [3.63, 3.8) is 0 Å². The first-order chi connectivity index (χ1) is 12.1. The summed E-state index contributed by atoms with van der Waals surface area (Å²) in [5, 5.41) is 0.0197. The largest absolute Gasteiger partial charge is 0.467 e. The molecule has 0 spiro atoms. The second-order valence-corrected chi connectivity index (χ2v) is 14.4. The Bertz CT molecular complexity index is 562. The lowest BCUT2D eigenvalue weighted by molar-refractivity contribution is -0.146. The van der Waals surface area contributed by atoms with E-state index in [-0.39, 0.29) is 17.2 Å². The topological polar surface area (TPSA) is 65.1 Å². The molecule has 0 radical (unpaired) electrons. The highest BCUT2D eigenvalue weighted by molar-refractivity contribution is 6.74. The molecule has 1 amide bonds. The maximum Gasteiger partial charge on any atom is 0.411 e. The summed E-state index contributed by atoms with van der Waals surface area (Å²) in [5.41, 5.74) is -0.658.